The maximum atomic E-state index is 10.6. The standard InChI is InChI=1S/C15H21N3OS2/c19-15(3-6-20-7-4-15)10-16-9-12-13(11-1-2-11)17-14-18(12)5-8-21-14/h5,8,11,16,19H,1-4,6-7,9-10H2. The molecule has 21 heavy (non-hydrogen) atoms. The van der Waals surface area contributed by atoms with Crippen LogP contribution in [0.4, 0.5) is 0 Å². The SMILES string of the molecule is OC1(CNCc2c(C3CC3)nc3sccn23)CCSCC1. The second-order valence-electron chi connectivity index (χ2n) is 6.21. The van der Waals surface area contributed by atoms with Gasteiger partial charge in [0.05, 0.1) is 17.0 Å². The lowest BCUT2D eigenvalue weighted by molar-refractivity contribution is 0.0319. The van der Waals surface area contributed by atoms with Gasteiger partial charge in [-0.25, -0.2) is 4.98 Å². The fraction of sp³-hybridized carbons (Fsp3) is 0.667. The maximum Gasteiger partial charge on any atom is 0.194 e. The quantitative estimate of drug-likeness (QED) is 0.888. The molecule has 1 aliphatic heterocycles. The number of nitrogens with one attached hydrogen (secondary N) is 1. The molecule has 2 N–H and O–H groups in total. The van der Waals surface area contributed by atoms with Crippen LogP contribution in [0.25, 0.3) is 4.96 Å². The van der Waals surface area contributed by atoms with Crippen molar-refractivity contribution in [2.24, 2.45) is 0 Å². The molecular formula is C15H21N3OS2. The van der Waals surface area contributed by atoms with E-state index in [4.69, 9.17) is 4.98 Å². The molecule has 3 heterocycles. The van der Waals surface area contributed by atoms with Crippen molar-refractivity contribution < 1.29 is 5.11 Å². The van der Waals surface area contributed by atoms with Gasteiger partial charge in [0, 0.05) is 30.6 Å². The third-order valence-electron chi connectivity index (χ3n) is 4.53. The summed E-state index contributed by atoms with van der Waals surface area (Å²) in [5.41, 5.74) is 2.06. The minimum atomic E-state index is -0.510. The van der Waals surface area contributed by atoms with Crippen molar-refractivity contribution in [3.63, 3.8) is 0 Å². The summed E-state index contributed by atoms with van der Waals surface area (Å²) < 4.78 is 2.21. The van der Waals surface area contributed by atoms with Crippen molar-refractivity contribution in [2.45, 2.75) is 43.7 Å². The molecule has 0 atom stereocenters. The zero-order chi connectivity index (χ0) is 14.3. The summed E-state index contributed by atoms with van der Waals surface area (Å²) in [7, 11) is 0. The largest absolute Gasteiger partial charge is 0.389 e. The Morgan fingerprint density at radius 1 is 1.38 bits per heavy atom. The van der Waals surface area contributed by atoms with Gasteiger partial charge in [-0.3, -0.25) is 4.40 Å². The van der Waals surface area contributed by atoms with Crippen LogP contribution in [0.15, 0.2) is 11.6 Å². The van der Waals surface area contributed by atoms with Gasteiger partial charge in [0.2, 0.25) is 0 Å². The van der Waals surface area contributed by atoms with Crippen molar-refractivity contribution in [3.05, 3.63) is 23.0 Å². The third-order valence-corrected chi connectivity index (χ3v) is 6.27. The first-order valence-electron chi connectivity index (χ1n) is 7.70. The third kappa shape index (κ3) is 2.86. The van der Waals surface area contributed by atoms with Gasteiger partial charge >= 0.3 is 0 Å². The lowest BCUT2D eigenvalue weighted by Gasteiger charge is -2.32. The molecule has 2 fully saturated rings. The van der Waals surface area contributed by atoms with E-state index in [1.165, 1.54) is 24.2 Å². The number of aliphatic hydroxyl groups is 1. The van der Waals surface area contributed by atoms with Crippen LogP contribution in [-0.4, -0.2) is 38.1 Å². The predicted octanol–water partition coefficient (Wildman–Crippen LogP) is 2.62. The molecule has 1 saturated heterocycles. The minimum absolute atomic E-state index is 0.510. The van der Waals surface area contributed by atoms with E-state index in [0.29, 0.717) is 12.5 Å². The number of fused-ring (bicyclic) bond motifs is 1. The molecule has 0 spiro atoms. The van der Waals surface area contributed by atoms with Crippen LogP contribution < -0.4 is 5.32 Å². The molecule has 0 bridgehead atoms. The maximum absolute atomic E-state index is 10.6. The van der Waals surface area contributed by atoms with E-state index < -0.39 is 5.60 Å². The van der Waals surface area contributed by atoms with Crippen molar-refractivity contribution in [2.75, 3.05) is 18.1 Å². The lowest BCUT2D eigenvalue weighted by atomic mass is 9.97. The van der Waals surface area contributed by atoms with Gasteiger partial charge in [-0.1, -0.05) is 0 Å². The van der Waals surface area contributed by atoms with E-state index in [1.807, 2.05) is 11.8 Å². The number of aromatic nitrogens is 2. The second kappa shape index (κ2) is 5.57. The average molecular weight is 323 g/mol. The van der Waals surface area contributed by atoms with Crippen molar-refractivity contribution in [1.82, 2.24) is 14.7 Å². The van der Waals surface area contributed by atoms with Crippen LogP contribution in [0.5, 0.6) is 0 Å². The number of nitrogens with zero attached hydrogens (tertiary/aromatic N) is 2. The molecule has 114 valence electrons. The van der Waals surface area contributed by atoms with Crippen LogP contribution in [0.1, 0.15) is 43.0 Å². The summed E-state index contributed by atoms with van der Waals surface area (Å²) in [5.74, 6) is 2.82. The predicted molar refractivity (Wildman–Crippen MR) is 88.3 cm³/mol. The van der Waals surface area contributed by atoms with E-state index >= 15 is 0 Å². The van der Waals surface area contributed by atoms with Gasteiger partial charge in [-0.05, 0) is 37.2 Å². The van der Waals surface area contributed by atoms with E-state index in [-0.39, 0.29) is 0 Å². The number of imidazole rings is 1. The highest BCUT2D eigenvalue weighted by atomic mass is 32.2. The Bertz CT molecular complexity index is 626. The van der Waals surface area contributed by atoms with Gasteiger partial charge in [-0.2, -0.15) is 11.8 Å². The molecule has 2 aromatic heterocycles. The molecule has 4 rings (SSSR count). The van der Waals surface area contributed by atoms with Crippen LogP contribution >= 0.6 is 23.1 Å². The summed E-state index contributed by atoms with van der Waals surface area (Å²) in [5, 5.41) is 16.1. The van der Waals surface area contributed by atoms with Gasteiger partial charge in [-0.15, -0.1) is 11.3 Å². The molecule has 0 aromatic carbocycles. The zero-order valence-corrected chi connectivity index (χ0v) is 13.7. The molecule has 0 radical (unpaired) electrons. The summed E-state index contributed by atoms with van der Waals surface area (Å²) in [6.07, 6.45) is 6.47. The molecule has 4 nitrogen and oxygen atoms in total. The van der Waals surface area contributed by atoms with Crippen molar-refractivity contribution in [1.29, 1.82) is 0 Å². The van der Waals surface area contributed by atoms with Crippen LogP contribution in [0, 0.1) is 0 Å². The lowest BCUT2D eigenvalue weighted by Crippen LogP contribution is -2.43. The molecule has 2 aliphatic rings. The highest BCUT2D eigenvalue weighted by Gasteiger charge is 2.31. The van der Waals surface area contributed by atoms with Crippen LogP contribution in [-0.2, 0) is 6.54 Å². The first kappa shape index (κ1) is 14.1. The number of hydrogen-bond acceptors (Lipinski definition) is 5. The van der Waals surface area contributed by atoms with Gasteiger partial charge in [0.15, 0.2) is 4.96 Å². The molecule has 0 unspecified atom stereocenters. The normalized spacial score (nSPS) is 22.0. The Kier molecular flexibility index (Phi) is 3.73. The Hall–Kier alpha value is -0.560. The zero-order valence-electron chi connectivity index (χ0n) is 12.0. The smallest absolute Gasteiger partial charge is 0.194 e. The summed E-state index contributed by atoms with van der Waals surface area (Å²) in [4.78, 5) is 5.89. The van der Waals surface area contributed by atoms with E-state index in [2.05, 4.69) is 21.3 Å². The topological polar surface area (TPSA) is 49.6 Å². The van der Waals surface area contributed by atoms with E-state index in [9.17, 15) is 5.11 Å². The number of rotatable bonds is 5. The van der Waals surface area contributed by atoms with Gasteiger partial charge < -0.3 is 10.4 Å². The number of thioether (sulfide) groups is 1. The Labute approximate surface area is 133 Å². The first-order valence-corrected chi connectivity index (χ1v) is 9.74. The first-order chi connectivity index (χ1) is 10.3. The molecule has 2 aromatic rings. The molecule has 1 aliphatic carbocycles. The highest BCUT2D eigenvalue weighted by Crippen LogP contribution is 2.41. The second-order valence-corrected chi connectivity index (χ2v) is 8.31. The van der Waals surface area contributed by atoms with Crippen LogP contribution in [0.2, 0.25) is 0 Å². The van der Waals surface area contributed by atoms with Gasteiger partial charge in [0.1, 0.15) is 0 Å². The summed E-state index contributed by atoms with van der Waals surface area (Å²) in [6, 6.07) is 0. The van der Waals surface area contributed by atoms with Crippen LogP contribution in [0.3, 0.4) is 0 Å². The highest BCUT2D eigenvalue weighted by molar-refractivity contribution is 7.99. The van der Waals surface area contributed by atoms with Crippen molar-refractivity contribution in [3.8, 4) is 0 Å². The van der Waals surface area contributed by atoms with Crippen molar-refractivity contribution >= 4 is 28.1 Å². The minimum Gasteiger partial charge on any atom is -0.389 e. The Balaban J connectivity index is 1.46. The molecular weight excluding hydrogens is 302 g/mol. The monoisotopic (exact) mass is 323 g/mol. The average Bonchev–Trinajstić information content (AvgIpc) is 3.12. The van der Waals surface area contributed by atoms with E-state index in [0.717, 1.165) is 35.9 Å². The fourth-order valence-electron chi connectivity index (χ4n) is 3.05. The Morgan fingerprint density at radius 2 is 2.19 bits per heavy atom. The molecule has 0 amide bonds. The Morgan fingerprint density at radius 3 is 2.95 bits per heavy atom. The summed E-state index contributed by atoms with van der Waals surface area (Å²) in [6.45, 7) is 1.49. The summed E-state index contributed by atoms with van der Waals surface area (Å²) >= 11 is 3.65. The number of hydrogen-bond donors (Lipinski definition) is 2. The van der Waals surface area contributed by atoms with Gasteiger partial charge in [0.25, 0.3) is 0 Å². The molecule has 6 heteroatoms. The fourth-order valence-corrected chi connectivity index (χ4v) is 5.04. The van der Waals surface area contributed by atoms with E-state index in [1.54, 1.807) is 11.3 Å². The molecule has 1 saturated carbocycles. The number of thiazole rings is 1.